The fraction of sp³-hybridized carbons (Fsp3) is 0.579. The van der Waals surface area contributed by atoms with Crippen LogP contribution in [0.25, 0.3) is 0 Å². The van der Waals surface area contributed by atoms with Gasteiger partial charge < -0.3 is 25.4 Å². The summed E-state index contributed by atoms with van der Waals surface area (Å²) >= 11 is 0. The number of benzene rings is 1. The number of carbonyl (C=O) groups excluding carboxylic acids is 1. The minimum Gasteiger partial charge on any atom is -0.493 e. The molecule has 0 aliphatic heterocycles. The van der Waals surface area contributed by atoms with Crippen molar-refractivity contribution in [3.8, 4) is 5.75 Å². The lowest BCUT2D eigenvalue weighted by atomic mass is 10.1. The number of hydrogen-bond donors (Lipinski definition) is 3. The first-order valence-electron chi connectivity index (χ1n) is 9.10. The summed E-state index contributed by atoms with van der Waals surface area (Å²) in [4.78, 5) is 16.3. The molecule has 0 aliphatic rings. The topological polar surface area (TPSA) is 84.0 Å². The van der Waals surface area contributed by atoms with Crippen LogP contribution in [0.3, 0.4) is 0 Å². The second kappa shape index (κ2) is 15.5. The first-order chi connectivity index (χ1) is 12.6. The number of nitrogens with one attached hydrogen (secondary N) is 3. The molecule has 1 aromatic rings. The van der Waals surface area contributed by atoms with Crippen molar-refractivity contribution in [3.63, 3.8) is 0 Å². The molecule has 0 unspecified atom stereocenters. The summed E-state index contributed by atoms with van der Waals surface area (Å²) in [5.41, 5.74) is 2.17. The number of aryl methyl sites for hydroxylation is 1. The largest absolute Gasteiger partial charge is 0.493 e. The lowest BCUT2D eigenvalue weighted by molar-refractivity contribution is -0.120. The van der Waals surface area contributed by atoms with Gasteiger partial charge in [0.05, 0.1) is 26.3 Å². The van der Waals surface area contributed by atoms with Gasteiger partial charge in [0.25, 0.3) is 0 Å². The number of halogens is 1. The summed E-state index contributed by atoms with van der Waals surface area (Å²) < 4.78 is 10.7. The molecule has 0 atom stereocenters. The fourth-order valence-corrected chi connectivity index (χ4v) is 2.16. The number of rotatable bonds is 11. The van der Waals surface area contributed by atoms with Crippen LogP contribution in [-0.2, 0) is 16.1 Å². The molecule has 27 heavy (non-hydrogen) atoms. The highest BCUT2D eigenvalue weighted by atomic mass is 127. The first kappa shape index (κ1) is 25.4. The van der Waals surface area contributed by atoms with E-state index in [-0.39, 0.29) is 36.4 Å². The highest BCUT2D eigenvalue weighted by molar-refractivity contribution is 14.0. The molecule has 1 rings (SSSR count). The van der Waals surface area contributed by atoms with Crippen molar-refractivity contribution in [2.24, 2.45) is 4.99 Å². The van der Waals surface area contributed by atoms with E-state index in [1.807, 2.05) is 32.0 Å². The highest BCUT2D eigenvalue weighted by Crippen LogP contribution is 2.21. The van der Waals surface area contributed by atoms with Crippen LogP contribution in [0, 0.1) is 6.92 Å². The van der Waals surface area contributed by atoms with Gasteiger partial charge >= 0.3 is 0 Å². The van der Waals surface area contributed by atoms with Crippen molar-refractivity contribution in [1.82, 2.24) is 16.0 Å². The van der Waals surface area contributed by atoms with Crippen LogP contribution in [-0.4, -0.2) is 51.8 Å². The van der Waals surface area contributed by atoms with Crippen molar-refractivity contribution < 1.29 is 14.3 Å². The summed E-state index contributed by atoms with van der Waals surface area (Å²) in [5.74, 6) is 1.36. The monoisotopic (exact) mass is 492 g/mol. The molecule has 8 heteroatoms. The van der Waals surface area contributed by atoms with Gasteiger partial charge in [-0.05, 0) is 31.9 Å². The molecular weight excluding hydrogens is 459 g/mol. The molecule has 0 fully saturated rings. The maximum Gasteiger partial charge on any atom is 0.239 e. The minimum atomic E-state index is -0.102. The summed E-state index contributed by atoms with van der Waals surface area (Å²) in [5, 5.41) is 8.94. The van der Waals surface area contributed by atoms with Gasteiger partial charge in [0.1, 0.15) is 5.75 Å². The normalized spacial score (nSPS) is 10.7. The van der Waals surface area contributed by atoms with Crippen molar-refractivity contribution in [2.75, 3.05) is 40.0 Å². The summed E-state index contributed by atoms with van der Waals surface area (Å²) in [6.45, 7) is 9.11. The molecule has 154 valence electrons. The zero-order valence-electron chi connectivity index (χ0n) is 16.8. The number of amides is 1. The molecular formula is C19H33IN4O3. The zero-order valence-corrected chi connectivity index (χ0v) is 19.1. The Morgan fingerprint density at radius 1 is 1.15 bits per heavy atom. The van der Waals surface area contributed by atoms with Crippen LogP contribution < -0.4 is 20.7 Å². The van der Waals surface area contributed by atoms with Crippen LogP contribution in [0.5, 0.6) is 5.75 Å². The number of aliphatic imine (C=N–C) groups is 1. The van der Waals surface area contributed by atoms with E-state index in [4.69, 9.17) is 9.47 Å². The smallest absolute Gasteiger partial charge is 0.239 e. The Hall–Kier alpha value is -1.55. The molecule has 0 saturated heterocycles. The minimum absolute atomic E-state index is 0. The van der Waals surface area contributed by atoms with Gasteiger partial charge in [-0.15, -0.1) is 24.0 Å². The van der Waals surface area contributed by atoms with E-state index in [1.165, 1.54) is 0 Å². The summed E-state index contributed by atoms with van der Waals surface area (Å²) in [6, 6.07) is 6.11. The van der Waals surface area contributed by atoms with Crippen molar-refractivity contribution >= 4 is 35.8 Å². The van der Waals surface area contributed by atoms with Crippen molar-refractivity contribution in [1.29, 1.82) is 0 Å². The number of carbonyl (C=O) groups is 1. The third-order valence-corrected chi connectivity index (χ3v) is 3.48. The van der Waals surface area contributed by atoms with Gasteiger partial charge in [-0.2, -0.15) is 0 Å². The Kier molecular flexibility index (Phi) is 14.6. The molecule has 3 N–H and O–H groups in total. The Morgan fingerprint density at radius 3 is 2.59 bits per heavy atom. The van der Waals surface area contributed by atoms with Gasteiger partial charge in [0, 0.05) is 25.8 Å². The quantitative estimate of drug-likeness (QED) is 0.191. The van der Waals surface area contributed by atoms with Crippen molar-refractivity contribution in [3.05, 3.63) is 29.3 Å². The summed E-state index contributed by atoms with van der Waals surface area (Å²) in [7, 11) is 1.60. The van der Waals surface area contributed by atoms with Gasteiger partial charge in [-0.25, -0.2) is 4.99 Å². The third kappa shape index (κ3) is 11.0. The van der Waals surface area contributed by atoms with Gasteiger partial charge in [-0.1, -0.05) is 19.1 Å². The lowest BCUT2D eigenvalue weighted by Crippen LogP contribution is -2.43. The van der Waals surface area contributed by atoms with Crippen LogP contribution >= 0.6 is 24.0 Å². The van der Waals surface area contributed by atoms with Crippen LogP contribution in [0.2, 0.25) is 0 Å². The Labute approximate surface area is 179 Å². The molecule has 0 aromatic heterocycles. The van der Waals surface area contributed by atoms with Crippen LogP contribution in [0.1, 0.15) is 31.4 Å². The predicted octanol–water partition coefficient (Wildman–Crippen LogP) is 2.22. The number of guanidine groups is 1. The maximum absolute atomic E-state index is 11.8. The van der Waals surface area contributed by atoms with E-state index in [0.717, 1.165) is 23.3 Å². The maximum atomic E-state index is 11.8. The highest BCUT2D eigenvalue weighted by Gasteiger charge is 2.06. The fourth-order valence-electron chi connectivity index (χ4n) is 2.16. The molecule has 7 nitrogen and oxygen atoms in total. The molecule has 1 aromatic carbocycles. The van der Waals surface area contributed by atoms with Gasteiger partial charge in [0.15, 0.2) is 5.96 Å². The number of methoxy groups -OCH3 is 1. The number of nitrogens with zero attached hydrogens (tertiary/aromatic N) is 1. The van der Waals surface area contributed by atoms with Crippen LogP contribution in [0.15, 0.2) is 23.2 Å². The second-order valence-electron chi connectivity index (χ2n) is 5.85. The Balaban J connectivity index is 0.00000676. The lowest BCUT2D eigenvalue weighted by Gasteiger charge is -2.13. The second-order valence-corrected chi connectivity index (χ2v) is 5.85. The standard InChI is InChI=1S/C19H32N4O3.HI/c1-5-10-26-17-12-15(3)7-8-16(17)13-22-19(20-6-2)23-14-18(24)21-9-11-25-4;/h7-8,12H,5-6,9-11,13-14H2,1-4H3,(H,21,24)(H2,20,22,23);1H. The molecule has 1 amide bonds. The van der Waals surface area contributed by atoms with Gasteiger partial charge in [-0.3, -0.25) is 4.79 Å². The molecule has 0 saturated carbocycles. The molecule has 0 radical (unpaired) electrons. The average molecular weight is 492 g/mol. The Morgan fingerprint density at radius 2 is 1.93 bits per heavy atom. The first-order valence-corrected chi connectivity index (χ1v) is 9.10. The molecule has 0 heterocycles. The van der Waals surface area contributed by atoms with E-state index in [2.05, 4.69) is 27.9 Å². The Bertz CT molecular complexity index is 582. The average Bonchev–Trinajstić information content (AvgIpc) is 2.63. The third-order valence-electron chi connectivity index (χ3n) is 3.48. The summed E-state index contributed by atoms with van der Waals surface area (Å²) in [6.07, 6.45) is 0.957. The molecule has 0 spiro atoms. The number of hydrogen-bond acceptors (Lipinski definition) is 4. The predicted molar refractivity (Wildman–Crippen MR) is 120 cm³/mol. The van der Waals surface area contributed by atoms with E-state index in [0.29, 0.717) is 38.8 Å². The van der Waals surface area contributed by atoms with Gasteiger partial charge in [0.2, 0.25) is 5.91 Å². The van der Waals surface area contributed by atoms with E-state index in [9.17, 15) is 4.79 Å². The number of ether oxygens (including phenoxy) is 2. The van der Waals surface area contributed by atoms with E-state index in [1.54, 1.807) is 7.11 Å². The zero-order chi connectivity index (χ0) is 19.2. The van der Waals surface area contributed by atoms with Crippen LogP contribution in [0.4, 0.5) is 0 Å². The molecule has 0 bridgehead atoms. The van der Waals surface area contributed by atoms with E-state index >= 15 is 0 Å². The SMILES string of the molecule is CCCOc1cc(C)ccc1CN=C(NCC)NCC(=O)NCCOC.I. The van der Waals surface area contributed by atoms with Crippen molar-refractivity contribution in [2.45, 2.75) is 33.7 Å². The van der Waals surface area contributed by atoms with E-state index < -0.39 is 0 Å². The molecule has 0 aliphatic carbocycles.